The first-order valence-corrected chi connectivity index (χ1v) is 9.89. The number of piperidine rings is 1. The number of aryl methyl sites for hydroxylation is 2. The van der Waals surface area contributed by atoms with Crippen LogP contribution in [0, 0.1) is 12.8 Å². The first-order chi connectivity index (χ1) is 12.5. The lowest BCUT2D eigenvalue weighted by atomic mass is 9.84. The Morgan fingerprint density at radius 3 is 2.38 bits per heavy atom. The predicted octanol–water partition coefficient (Wildman–Crippen LogP) is 1.17. The summed E-state index contributed by atoms with van der Waals surface area (Å²) in [5.41, 5.74) is 0.931. The molecule has 0 N–H and O–H groups in total. The van der Waals surface area contributed by atoms with E-state index < -0.39 is 0 Å². The third kappa shape index (κ3) is 3.13. The SMILES string of the molecule is Cc1cc(N2CCC[C@@H](N3CCN(C(=O)C4CCC4)CC3)C2=O)n(C)n1. The Bertz CT molecular complexity index is 688. The summed E-state index contributed by atoms with van der Waals surface area (Å²) in [4.78, 5) is 31.7. The Morgan fingerprint density at radius 2 is 1.81 bits per heavy atom. The molecular formula is C19H29N5O2. The molecule has 3 heterocycles. The first-order valence-electron chi connectivity index (χ1n) is 9.89. The van der Waals surface area contributed by atoms with Crippen LogP contribution < -0.4 is 4.90 Å². The van der Waals surface area contributed by atoms with Gasteiger partial charge in [0.25, 0.3) is 0 Å². The minimum absolute atomic E-state index is 0.0695. The van der Waals surface area contributed by atoms with Crippen LogP contribution in [0.2, 0.25) is 0 Å². The number of anilines is 1. The van der Waals surface area contributed by atoms with E-state index in [2.05, 4.69) is 10.00 Å². The molecule has 1 saturated carbocycles. The van der Waals surface area contributed by atoms with Gasteiger partial charge in [0, 0.05) is 51.8 Å². The van der Waals surface area contributed by atoms with Crippen LogP contribution in [0.3, 0.4) is 0 Å². The van der Waals surface area contributed by atoms with Crippen molar-refractivity contribution in [2.75, 3.05) is 37.6 Å². The lowest BCUT2D eigenvalue weighted by molar-refractivity contribution is -0.140. The zero-order chi connectivity index (χ0) is 18.3. The van der Waals surface area contributed by atoms with E-state index in [1.165, 1.54) is 6.42 Å². The van der Waals surface area contributed by atoms with Gasteiger partial charge in [-0.25, -0.2) is 0 Å². The van der Waals surface area contributed by atoms with Crippen molar-refractivity contribution >= 4 is 17.6 Å². The van der Waals surface area contributed by atoms with Crippen molar-refractivity contribution in [2.24, 2.45) is 13.0 Å². The molecule has 1 aliphatic carbocycles. The van der Waals surface area contributed by atoms with Crippen LogP contribution in [-0.2, 0) is 16.6 Å². The Labute approximate surface area is 154 Å². The highest BCUT2D eigenvalue weighted by Gasteiger charge is 2.38. The van der Waals surface area contributed by atoms with E-state index in [4.69, 9.17) is 0 Å². The van der Waals surface area contributed by atoms with E-state index in [9.17, 15) is 9.59 Å². The second-order valence-corrected chi connectivity index (χ2v) is 7.90. The summed E-state index contributed by atoms with van der Waals surface area (Å²) in [5, 5.41) is 4.38. The third-order valence-corrected chi connectivity index (χ3v) is 6.19. The number of hydrogen-bond acceptors (Lipinski definition) is 4. The normalized spacial score (nSPS) is 25.5. The van der Waals surface area contributed by atoms with Crippen LogP contribution in [-0.4, -0.2) is 70.2 Å². The molecular weight excluding hydrogens is 330 g/mol. The van der Waals surface area contributed by atoms with Gasteiger partial charge in [-0.1, -0.05) is 6.42 Å². The zero-order valence-corrected chi connectivity index (χ0v) is 15.9. The molecule has 1 atom stereocenters. The molecule has 0 aromatic carbocycles. The number of amides is 2. The Hall–Kier alpha value is -1.89. The fourth-order valence-corrected chi connectivity index (χ4v) is 4.44. The maximum absolute atomic E-state index is 13.1. The Kier molecular flexibility index (Phi) is 4.73. The minimum atomic E-state index is -0.0695. The van der Waals surface area contributed by atoms with Gasteiger partial charge in [0.05, 0.1) is 11.7 Å². The minimum Gasteiger partial charge on any atom is -0.340 e. The van der Waals surface area contributed by atoms with Crippen LogP contribution in [0.5, 0.6) is 0 Å². The summed E-state index contributed by atoms with van der Waals surface area (Å²) in [7, 11) is 1.89. The molecule has 1 aromatic heterocycles. The van der Waals surface area contributed by atoms with Gasteiger partial charge >= 0.3 is 0 Å². The average molecular weight is 359 g/mol. The second kappa shape index (κ2) is 7.02. The molecule has 2 aliphatic heterocycles. The lowest BCUT2D eigenvalue weighted by Crippen LogP contribution is -2.59. The van der Waals surface area contributed by atoms with E-state index >= 15 is 0 Å². The summed E-state index contributed by atoms with van der Waals surface area (Å²) in [6.45, 7) is 5.82. The van der Waals surface area contributed by atoms with Crippen molar-refractivity contribution in [2.45, 2.75) is 45.1 Å². The molecule has 0 radical (unpaired) electrons. The van der Waals surface area contributed by atoms with E-state index in [-0.39, 0.29) is 17.9 Å². The number of carbonyl (C=O) groups is 2. The topological polar surface area (TPSA) is 61.7 Å². The van der Waals surface area contributed by atoms with E-state index in [1.807, 2.05) is 29.8 Å². The Balaban J connectivity index is 1.39. The smallest absolute Gasteiger partial charge is 0.245 e. The van der Waals surface area contributed by atoms with Gasteiger partial charge in [-0.05, 0) is 32.6 Å². The fraction of sp³-hybridized carbons (Fsp3) is 0.737. The van der Waals surface area contributed by atoms with Gasteiger partial charge in [0.15, 0.2) is 0 Å². The number of piperazine rings is 1. The molecule has 1 aromatic rings. The van der Waals surface area contributed by atoms with Gasteiger partial charge in [-0.15, -0.1) is 0 Å². The molecule has 2 saturated heterocycles. The van der Waals surface area contributed by atoms with Crippen LogP contribution in [0.25, 0.3) is 0 Å². The van der Waals surface area contributed by atoms with Crippen molar-refractivity contribution in [3.8, 4) is 0 Å². The fourth-order valence-electron chi connectivity index (χ4n) is 4.44. The van der Waals surface area contributed by atoms with Gasteiger partial charge in [0.1, 0.15) is 5.82 Å². The number of hydrogen-bond donors (Lipinski definition) is 0. The average Bonchev–Trinajstić information content (AvgIpc) is 2.92. The van der Waals surface area contributed by atoms with Gasteiger partial charge in [0.2, 0.25) is 11.8 Å². The van der Waals surface area contributed by atoms with Crippen LogP contribution in [0.15, 0.2) is 6.07 Å². The largest absolute Gasteiger partial charge is 0.340 e. The highest BCUT2D eigenvalue weighted by molar-refractivity contribution is 5.97. The number of aromatic nitrogens is 2. The molecule has 2 amide bonds. The maximum atomic E-state index is 13.1. The molecule has 4 rings (SSSR count). The Morgan fingerprint density at radius 1 is 1.08 bits per heavy atom. The molecule has 0 bridgehead atoms. The molecule has 142 valence electrons. The molecule has 3 aliphatic rings. The number of carbonyl (C=O) groups excluding carboxylic acids is 2. The molecule has 3 fully saturated rings. The quantitative estimate of drug-likeness (QED) is 0.813. The van der Waals surface area contributed by atoms with E-state index in [0.717, 1.165) is 69.9 Å². The van der Waals surface area contributed by atoms with E-state index in [0.29, 0.717) is 5.91 Å². The highest BCUT2D eigenvalue weighted by atomic mass is 16.2. The molecule has 0 unspecified atom stereocenters. The standard InChI is InChI=1S/C19H29N5O2/c1-14-13-17(21(2)20-14)24-8-4-7-16(19(24)26)22-9-11-23(12-10-22)18(25)15-5-3-6-15/h13,15-16H,3-12H2,1-2H3/t16-/m1/s1. The summed E-state index contributed by atoms with van der Waals surface area (Å²) in [6.07, 6.45) is 5.21. The van der Waals surface area contributed by atoms with Crippen molar-refractivity contribution in [1.82, 2.24) is 19.6 Å². The molecule has 0 spiro atoms. The highest BCUT2D eigenvalue weighted by Crippen LogP contribution is 2.29. The van der Waals surface area contributed by atoms with Gasteiger partial charge in [-0.2, -0.15) is 5.10 Å². The van der Waals surface area contributed by atoms with Crippen LogP contribution in [0.1, 0.15) is 37.8 Å². The van der Waals surface area contributed by atoms with Crippen molar-refractivity contribution in [3.63, 3.8) is 0 Å². The first kappa shape index (κ1) is 17.5. The molecule has 7 nitrogen and oxygen atoms in total. The summed E-state index contributed by atoms with van der Waals surface area (Å²) < 4.78 is 1.80. The summed E-state index contributed by atoms with van der Waals surface area (Å²) >= 11 is 0. The van der Waals surface area contributed by atoms with Crippen molar-refractivity contribution in [1.29, 1.82) is 0 Å². The monoisotopic (exact) mass is 359 g/mol. The summed E-state index contributed by atoms with van der Waals surface area (Å²) in [5.74, 6) is 1.66. The van der Waals surface area contributed by atoms with E-state index in [1.54, 1.807) is 4.68 Å². The third-order valence-electron chi connectivity index (χ3n) is 6.19. The molecule has 26 heavy (non-hydrogen) atoms. The molecule has 7 heteroatoms. The summed E-state index contributed by atoms with van der Waals surface area (Å²) in [6, 6.07) is 1.91. The van der Waals surface area contributed by atoms with Gasteiger partial charge < -0.3 is 4.90 Å². The predicted molar refractivity (Wildman–Crippen MR) is 98.8 cm³/mol. The van der Waals surface area contributed by atoms with Crippen LogP contribution in [0.4, 0.5) is 5.82 Å². The maximum Gasteiger partial charge on any atom is 0.245 e. The second-order valence-electron chi connectivity index (χ2n) is 7.90. The lowest BCUT2D eigenvalue weighted by Gasteiger charge is -2.43. The van der Waals surface area contributed by atoms with Gasteiger partial charge in [-0.3, -0.25) is 24.1 Å². The van der Waals surface area contributed by atoms with Crippen molar-refractivity contribution < 1.29 is 9.59 Å². The van der Waals surface area contributed by atoms with Crippen molar-refractivity contribution in [3.05, 3.63) is 11.8 Å². The number of nitrogens with zero attached hydrogens (tertiary/aromatic N) is 5. The van der Waals surface area contributed by atoms with Crippen LogP contribution >= 0.6 is 0 Å². The number of rotatable bonds is 3. The zero-order valence-electron chi connectivity index (χ0n) is 15.9.